The van der Waals surface area contributed by atoms with Crippen molar-refractivity contribution in [1.82, 2.24) is 0 Å². The van der Waals surface area contributed by atoms with Gasteiger partial charge in [-0.15, -0.1) is 11.8 Å². The molecular formula is C14H20O2S. The summed E-state index contributed by atoms with van der Waals surface area (Å²) in [6, 6.07) is 7.73. The molecule has 0 spiro atoms. The Morgan fingerprint density at radius 3 is 2.47 bits per heavy atom. The first-order valence-electron chi connectivity index (χ1n) is 6.19. The summed E-state index contributed by atoms with van der Waals surface area (Å²) in [7, 11) is 0. The highest BCUT2D eigenvalue weighted by Gasteiger charge is 2.03. The van der Waals surface area contributed by atoms with Crippen LogP contribution in [0.15, 0.2) is 29.2 Å². The quantitative estimate of drug-likeness (QED) is 0.411. The van der Waals surface area contributed by atoms with Gasteiger partial charge in [-0.1, -0.05) is 20.3 Å². The van der Waals surface area contributed by atoms with Crippen molar-refractivity contribution in [1.29, 1.82) is 0 Å². The molecule has 0 bridgehead atoms. The second-order valence-electron chi connectivity index (χ2n) is 3.90. The average molecular weight is 252 g/mol. The van der Waals surface area contributed by atoms with Gasteiger partial charge in [-0.2, -0.15) is 0 Å². The Kier molecular flexibility index (Phi) is 6.78. The average Bonchev–Trinajstić information content (AvgIpc) is 2.35. The number of thioether (sulfide) groups is 1. The smallest absolute Gasteiger partial charge is 0.311 e. The number of unbranched alkanes of at least 4 members (excludes halogenated alkanes) is 1. The molecule has 0 N–H and O–H groups in total. The second-order valence-corrected chi connectivity index (χ2v) is 5.07. The first kappa shape index (κ1) is 14.1. The van der Waals surface area contributed by atoms with Crippen LogP contribution in [0.1, 0.15) is 39.5 Å². The first-order chi connectivity index (χ1) is 8.26. The largest absolute Gasteiger partial charge is 0.427 e. The standard InChI is InChI=1S/C14H20O2S/c1-3-5-6-14(15)16-12-7-9-13(10-8-12)17-11-4-2/h7-10H,3-6,11H2,1-2H3. The van der Waals surface area contributed by atoms with Gasteiger partial charge in [-0.25, -0.2) is 0 Å². The molecule has 0 saturated heterocycles. The normalized spacial score (nSPS) is 10.2. The molecule has 0 aliphatic carbocycles. The van der Waals surface area contributed by atoms with Crippen LogP contribution < -0.4 is 4.74 Å². The molecule has 0 radical (unpaired) electrons. The molecule has 1 aromatic carbocycles. The fourth-order valence-electron chi connectivity index (χ4n) is 1.33. The summed E-state index contributed by atoms with van der Waals surface area (Å²) in [5, 5.41) is 0. The van der Waals surface area contributed by atoms with Crippen molar-refractivity contribution in [2.24, 2.45) is 0 Å². The number of benzene rings is 1. The lowest BCUT2D eigenvalue weighted by molar-refractivity contribution is -0.134. The van der Waals surface area contributed by atoms with Crippen LogP contribution in [-0.4, -0.2) is 11.7 Å². The molecule has 0 unspecified atom stereocenters. The third-order valence-corrected chi connectivity index (χ3v) is 3.48. The number of rotatable bonds is 7. The summed E-state index contributed by atoms with van der Waals surface area (Å²) in [6.45, 7) is 4.23. The van der Waals surface area contributed by atoms with E-state index in [4.69, 9.17) is 4.74 Å². The van der Waals surface area contributed by atoms with Gasteiger partial charge in [0, 0.05) is 11.3 Å². The zero-order valence-electron chi connectivity index (χ0n) is 10.6. The van der Waals surface area contributed by atoms with Crippen LogP contribution in [0.3, 0.4) is 0 Å². The molecule has 0 aromatic heterocycles. The van der Waals surface area contributed by atoms with Gasteiger partial charge in [0.15, 0.2) is 0 Å². The molecule has 0 heterocycles. The summed E-state index contributed by atoms with van der Waals surface area (Å²) in [6.07, 6.45) is 3.58. The van der Waals surface area contributed by atoms with E-state index >= 15 is 0 Å². The van der Waals surface area contributed by atoms with Crippen LogP contribution in [0.5, 0.6) is 5.75 Å². The molecule has 2 nitrogen and oxygen atoms in total. The van der Waals surface area contributed by atoms with E-state index in [2.05, 4.69) is 13.8 Å². The molecule has 94 valence electrons. The van der Waals surface area contributed by atoms with Gasteiger partial charge >= 0.3 is 5.97 Å². The highest BCUT2D eigenvalue weighted by atomic mass is 32.2. The number of carbonyl (C=O) groups excluding carboxylic acids is 1. The van der Waals surface area contributed by atoms with Gasteiger partial charge in [0.2, 0.25) is 0 Å². The van der Waals surface area contributed by atoms with Crippen molar-refractivity contribution in [3.05, 3.63) is 24.3 Å². The van der Waals surface area contributed by atoms with Crippen LogP contribution in [-0.2, 0) is 4.79 Å². The highest BCUT2D eigenvalue weighted by Crippen LogP contribution is 2.22. The number of hydrogen-bond acceptors (Lipinski definition) is 3. The van der Waals surface area contributed by atoms with Crippen LogP contribution in [0.2, 0.25) is 0 Å². The zero-order valence-corrected chi connectivity index (χ0v) is 11.4. The predicted molar refractivity (Wildman–Crippen MR) is 72.6 cm³/mol. The van der Waals surface area contributed by atoms with E-state index in [1.54, 1.807) is 0 Å². The van der Waals surface area contributed by atoms with Crippen molar-refractivity contribution in [2.45, 2.75) is 44.4 Å². The Labute approximate surface area is 108 Å². The number of ether oxygens (including phenoxy) is 1. The van der Waals surface area contributed by atoms with E-state index in [0.717, 1.165) is 18.6 Å². The maximum absolute atomic E-state index is 11.4. The monoisotopic (exact) mass is 252 g/mol. The summed E-state index contributed by atoms with van der Waals surface area (Å²) < 4.78 is 5.23. The third-order valence-electron chi connectivity index (χ3n) is 2.26. The Hall–Kier alpha value is -0.960. The van der Waals surface area contributed by atoms with E-state index in [1.165, 1.54) is 11.3 Å². The van der Waals surface area contributed by atoms with E-state index in [-0.39, 0.29) is 5.97 Å². The zero-order chi connectivity index (χ0) is 12.5. The molecular weight excluding hydrogens is 232 g/mol. The van der Waals surface area contributed by atoms with Gasteiger partial charge in [-0.05, 0) is 42.9 Å². The van der Waals surface area contributed by atoms with Crippen molar-refractivity contribution in [2.75, 3.05) is 5.75 Å². The Morgan fingerprint density at radius 2 is 1.88 bits per heavy atom. The van der Waals surface area contributed by atoms with Crippen LogP contribution in [0, 0.1) is 0 Å². The van der Waals surface area contributed by atoms with Crippen molar-refractivity contribution < 1.29 is 9.53 Å². The predicted octanol–water partition coefficient (Wildman–Crippen LogP) is 4.28. The summed E-state index contributed by atoms with van der Waals surface area (Å²) in [4.78, 5) is 12.6. The van der Waals surface area contributed by atoms with E-state index < -0.39 is 0 Å². The van der Waals surface area contributed by atoms with E-state index in [0.29, 0.717) is 12.2 Å². The Bertz CT molecular complexity index is 333. The van der Waals surface area contributed by atoms with Crippen molar-refractivity contribution in [3.63, 3.8) is 0 Å². The fourth-order valence-corrected chi connectivity index (χ4v) is 2.10. The SMILES string of the molecule is CCCCC(=O)Oc1ccc(SCCC)cc1. The summed E-state index contributed by atoms with van der Waals surface area (Å²) in [5.74, 6) is 1.63. The number of carbonyl (C=O) groups is 1. The van der Waals surface area contributed by atoms with Gasteiger partial charge in [0.1, 0.15) is 5.75 Å². The van der Waals surface area contributed by atoms with Gasteiger partial charge in [-0.3, -0.25) is 4.79 Å². The molecule has 0 aliphatic heterocycles. The lowest BCUT2D eigenvalue weighted by atomic mass is 10.2. The second kappa shape index (κ2) is 8.18. The van der Waals surface area contributed by atoms with Gasteiger partial charge < -0.3 is 4.74 Å². The summed E-state index contributed by atoms with van der Waals surface area (Å²) in [5.41, 5.74) is 0. The van der Waals surface area contributed by atoms with Crippen LogP contribution >= 0.6 is 11.8 Å². The van der Waals surface area contributed by atoms with Crippen LogP contribution in [0.25, 0.3) is 0 Å². The first-order valence-corrected chi connectivity index (χ1v) is 7.18. The minimum atomic E-state index is -0.138. The van der Waals surface area contributed by atoms with E-state index in [9.17, 15) is 4.79 Å². The molecule has 1 aromatic rings. The Morgan fingerprint density at radius 1 is 1.18 bits per heavy atom. The minimum Gasteiger partial charge on any atom is -0.427 e. The molecule has 0 fully saturated rings. The maximum Gasteiger partial charge on any atom is 0.311 e. The molecule has 3 heteroatoms. The highest BCUT2D eigenvalue weighted by molar-refractivity contribution is 7.99. The van der Waals surface area contributed by atoms with E-state index in [1.807, 2.05) is 36.0 Å². The molecule has 0 saturated carbocycles. The molecule has 0 aliphatic rings. The lowest BCUT2D eigenvalue weighted by Gasteiger charge is -2.05. The minimum absolute atomic E-state index is 0.138. The Balaban J connectivity index is 2.42. The van der Waals surface area contributed by atoms with Gasteiger partial charge in [0.05, 0.1) is 0 Å². The topological polar surface area (TPSA) is 26.3 Å². The summed E-state index contributed by atoms with van der Waals surface area (Å²) >= 11 is 1.82. The van der Waals surface area contributed by atoms with Gasteiger partial charge in [0.25, 0.3) is 0 Å². The van der Waals surface area contributed by atoms with Crippen molar-refractivity contribution in [3.8, 4) is 5.75 Å². The lowest BCUT2D eigenvalue weighted by Crippen LogP contribution is -2.07. The third kappa shape index (κ3) is 5.78. The molecule has 1 rings (SSSR count). The molecule has 0 amide bonds. The van der Waals surface area contributed by atoms with Crippen LogP contribution in [0.4, 0.5) is 0 Å². The number of esters is 1. The van der Waals surface area contributed by atoms with Crippen molar-refractivity contribution >= 4 is 17.7 Å². The molecule has 0 atom stereocenters. The fraction of sp³-hybridized carbons (Fsp3) is 0.500. The molecule has 17 heavy (non-hydrogen) atoms. The maximum atomic E-state index is 11.4. The number of hydrogen-bond donors (Lipinski definition) is 0.